The van der Waals surface area contributed by atoms with Crippen LogP contribution < -0.4 is 4.74 Å². The van der Waals surface area contributed by atoms with E-state index in [2.05, 4.69) is 9.88 Å². The van der Waals surface area contributed by atoms with E-state index in [4.69, 9.17) is 24.5 Å². The van der Waals surface area contributed by atoms with Crippen LogP contribution in [0.3, 0.4) is 0 Å². The Morgan fingerprint density at radius 1 is 1.31 bits per heavy atom. The standard InChI is InChI=1S/C14H19N3O2.C2H2O4.H2O/c1-16-10-11(5-9-17-7-3-8-17)19-13-12(14(16)18)4-2-6-15-13;3-1(4)2(5)6;/h2,4,6,11H,3,5,7-10H2,1H3;(H,3,4)(H,5,6);1H2. The SMILES string of the molecule is CN1CC(CCN2CCC2)Oc2ncccc2C1=O.O.O=C(O)C(=O)O. The smallest absolute Gasteiger partial charge is 0.414 e. The van der Waals surface area contributed by atoms with Gasteiger partial charge in [0, 0.05) is 19.8 Å². The molecular weight excluding hydrogens is 346 g/mol. The van der Waals surface area contributed by atoms with Gasteiger partial charge in [-0.1, -0.05) is 0 Å². The van der Waals surface area contributed by atoms with Crippen LogP contribution in [0.5, 0.6) is 5.88 Å². The van der Waals surface area contributed by atoms with Gasteiger partial charge in [-0.25, -0.2) is 14.6 Å². The molecule has 1 aromatic heterocycles. The molecular formula is C16H23N3O7. The van der Waals surface area contributed by atoms with E-state index in [-0.39, 0.29) is 17.5 Å². The fourth-order valence-corrected chi connectivity index (χ4v) is 2.52. The summed E-state index contributed by atoms with van der Waals surface area (Å²) in [6.07, 6.45) is 3.94. The third-order valence-electron chi connectivity index (χ3n) is 4.00. The Hall–Kier alpha value is -2.72. The first-order valence-electron chi connectivity index (χ1n) is 7.94. The number of hydrogen-bond donors (Lipinski definition) is 2. The first kappa shape index (κ1) is 21.3. The minimum absolute atomic E-state index is 0. The highest BCUT2D eigenvalue weighted by molar-refractivity contribution is 6.27. The molecule has 26 heavy (non-hydrogen) atoms. The van der Waals surface area contributed by atoms with Crippen LogP contribution in [0.25, 0.3) is 0 Å². The Morgan fingerprint density at radius 3 is 2.50 bits per heavy atom. The number of ether oxygens (including phenoxy) is 1. The molecule has 0 spiro atoms. The molecule has 4 N–H and O–H groups in total. The van der Waals surface area contributed by atoms with E-state index >= 15 is 0 Å². The highest BCUT2D eigenvalue weighted by Gasteiger charge is 2.28. The van der Waals surface area contributed by atoms with Gasteiger partial charge < -0.3 is 30.2 Å². The molecule has 1 saturated heterocycles. The van der Waals surface area contributed by atoms with Crippen molar-refractivity contribution in [1.29, 1.82) is 0 Å². The molecule has 0 radical (unpaired) electrons. The third kappa shape index (κ3) is 5.67. The summed E-state index contributed by atoms with van der Waals surface area (Å²) >= 11 is 0. The van der Waals surface area contributed by atoms with Crippen LogP contribution in [0.15, 0.2) is 18.3 Å². The van der Waals surface area contributed by atoms with Crippen LogP contribution in [0.1, 0.15) is 23.2 Å². The Kier molecular flexibility index (Phi) is 7.94. The number of carbonyl (C=O) groups is 3. The predicted octanol–water partition coefficient (Wildman–Crippen LogP) is -0.659. The minimum Gasteiger partial charge on any atom is -0.473 e. The molecule has 10 nitrogen and oxygen atoms in total. The van der Waals surface area contributed by atoms with Crippen LogP contribution in [-0.4, -0.2) is 87.6 Å². The Morgan fingerprint density at radius 2 is 1.96 bits per heavy atom. The van der Waals surface area contributed by atoms with Gasteiger partial charge in [-0.3, -0.25) is 4.79 Å². The van der Waals surface area contributed by atoms with Crippen molar-refractivity contribution in [1.82, 2.24) is 14.8 Å². The third-order valence-corrected chi connectivity index (χ3v) is 4.00. The predicted molar refractivity (Wildman–Crippen MR) is 90.2 cm³/mol. The number of likely N-dealkylation sites (N-methyl/N-ethyl adjacent to an activating group) is 1. The molecule has 0 aromatic carbocycles. The van der Waals surface area contributed by atoms with Crippen LogP contribution >= 0.6 is 0 Å². The lowest BCUT2D eigenvalue weighted by Crippen LogP contribution is -2.41. The number of aliphatic carboxylic acids is 2. The van der Waals surface area contributed by atoms with E-state index in [0.29, 0.717) is 18.0 Å². The first-order chi connectivity index (χ1) is 11.9. The van der Waals surface area contributed by atoms with Gasteiger partial charge in [-0.15, -0.1) is 0 Å². The number of fused-ring (bicyclic) bond motifs is 1. The lowest BCUT2D eigenvalue weighted by atomic mass is 10.1. The summed E-state index contributed by atoms with van der Waals surface area (Å²) in [5, 5.41) is 14.8. The number of amides is 1. The zero-order valence-corrected chi connectivity index (χ0v) is 14.4. The average molecular weight is 369 g/mol. The minimum atomic E-state index is -1.82. The molecule has 0 saturated carbocycles. The van der Waals surface area contributed by atoms with E-state index in [0.717, 1.165) is 13.0 Å². The second-order valence-electron chi connectivity index (χ2n) is 5.88. The topological polar surface area (TPSA) is 152 Å². The average Bonchev–Trinajstić information content (AvgIpc) is 2.64. The number of pyridine rings is 1. The zero-order valence-electron chi connectivity index (χ0n) is 14.4. The number of hydrogen-bond acceptors (Lipinski definition) is 6. The van der Waals surface area contributed by atoms with Crippen molar-refractivity contribution in [2.24, 2.45) is 0 Å². The molecule has 0 aliphatic carbocycles. The maximum atomic E-state index is 12.2. The van der Waals surface area contributed by atoms with Crippen molar-refractivity contribution < 1.29 is 34.8 Å². The molecule has 1 fully saturated rings. The molecule has 1 unspecified atom stereocenters. The maximum absolute atomic E-state index is 12.2. The summed E-state index contributed by atoms with van der Waals surface area (Å²) in [5.41, 5.74) is 0.566. The lowest BCUT2D eigenvalue weighted by Gasteiger charge is -2.32. The number of nitrogens with zero attached hydrogens (tertiary/aromatic N) is 3. The molecule has 10 heteroatoms. The number of likely N-dealkylation sites (tertiary alicyclic amines) is 1. The number of carboxylic acids is 2. The fraction of sp³-hybridized carbons (Fsp3) is 0.500. The number of aromatic nitrogens is 1. The van der Waals surface area contributed by atoms with E-state index in [1.54, 1.807) is 23.2 Å². The Balaban J connectivity index is 0.000000422. The summed E-state index contributed by atoms with van der Waals surface area (Å²) < 4.78 is 5.92. The van der Waals surface area contributed by atoms with E-state index < -0.39 is 11.9 Å². The van der Waals surface area contributed by atoms with Crippen LogP contribution in [0.2, 0.25) is 0 Å². The second-order valence-corrected chi connectivity index (χ2v) is 5.88. The van der Waals surface area contributed by atoms with E-state index in [9.17, 15) is 4.79 Å². The molecule has 1 amide bonds. The zero-order chi connectivity index (χ0) is 18.4. The van der Waals surface area contributed by atoms with Gasteiger partial charge in [0.1, 0.15) is 11.7 Å². The summed E-state index contributed by atoms with van der Waals surface area (Å²) in [4.78, 5) is 38.7. The van der Waals surface area contributed by atoms with Crippen LogP contribution in [0.4, 0.5) is 0 Å². The van der Waals surface area contributed by atoms with Crippen LogP contribution in [-0.2, 0) is 9.59 Å². The molecule has 144 valence electrons. The van der Waals surface area contributed by atoms with Crippen molar-refractivity contribution in [3.8, 4) is 5.88 Å². The van der Waals surface area contributed by atoms with Gasteiger partial charge in [-0.2, -0.15) is 0 Å². The van der Waals surface area contributed by atoms with Crippen molar-refractivity contribution in [2.45, 2.75) is 18.9 Å². The fourth-order valence-electron chi connectivity index (χ4n) is 2.52. The van der Waals surface area contributed by atoms with Gasteiger partial charge in [0.15, 0.2) is 0 Å². The largest absolute Gasteiger partial charge is 0.473 e. The number of rotatable bonds is 3. The van der Waals surface area contributed by atoms with Crippen molar-refractivity contribution >= 4 is 17.8 Å². The molecule has 1 aromatic rings. The lowest BCUT2D eigenvalue weighted by molar-refractivity contribution is -0.159. The summed E-state index contributed by atoms with van der Waals surface area (Å²) in [6, 6.07) is 3.55. The Bertz CT molecular complexity index is 636. The molecule has 0 bridgehead atoms. The van der Waals surface area contributed by atoms with Crippen molar-refractivity contribution in [3.05, 3.63) is 23.9 Å². The normalized spacial score (nSPS) is 18.7. The van der Waals surface area contributed by atoms with Gasteiger partial charge in [0.05, 0.1) is 6.54 Å². The molecule has 1 atom stereocenters. The Labute approximate surface area is 150 Å². The quantitative estimate of drug-likeness (QED) is 0.666. The number of carboxylic acid groups (broad SMARTS) is 2. The summed E-state index contributed by atoms with van der Waals surface area (Å²) in [7, 11) is 1.82. The first-order valence-corrected chi connectivity index (χ1v) is 7.94. The molecule has 2 aliphatic heterocycles. The van der Waals surface area contributed by atoms with Crippen LogP contribution in [0, 0.1) is 0 Å². The monoisotopic (exact) mass is 369 g/mol. The maximum Gasteiger partial charge on any atom is 0.414 e. The second kappa shape index (κ2) is 9.68. The van der Waals surface area contributed by atoms with Crippen molar-refractivity contribution in [2.75, 3.05) is 33.2 Å². The number of carbonyl (C=O) groups excluding carboxylic acids is 1. The molecule has 2 aliphatic rings. The summed E-state index contributed by atoms with van der Waals surface area (Å²) in [6.45, 7) is 4.05. The van der Waals surface area contributed by atoms with E-state index in [1.165, 1.54) is 19.5 Å². The highest BCUT2D eigenvalue weighted by atomic mass is 16.5. The molecule has 3 heterocycles. The van der Waals surface area contributed by atoms with Gasteiger partial charge in [0.2, 0.25) is 5.88 Å². The van der Waals surface area contributed by atoms with Crippen molar-refractivity contribution in [3.63, 3.8) is 0 Å². The van der Waals surface area contributed by atoms with Gasteiger partial charge in [0.25, 0.3) is 5.91 Å². The van der Waals surface area contributed by atoms with Gasteiger partial charge in [-0.05, 0) is 38.1 Å². The van der Waals surface area contributed by atoms with Gasteiger partial charge >= 0.3 is 11.9 Å². The summed E-state index contributed by atoms with van der Waals surface area (Å²) in [5.74, 6) is -3.18. The highest BCUT2D eigenvalue weighted by Crippen LogP contribution is 2.23. The van der Waals surface area contributed by atoms with E-state index in [1.807, 2.05) is 7.05 Å². The molecule has 3 rings (SSSR count).